The van der Waals surface area contributed by atoms with Gasteiger partial charge in [0.2, 0.25) is 0 Å². The molecule has 2 heterocycles. The van der Waals surface area contributed by atoms with Crippen molar-refractivity contribution in [2.75, 3.05) is 39.2 Å². The average molecular weight is 276 g/mol. The van der Waals surface area contributed by atoms with Gasteiger partial charge in [0.15, 0.2) is 0 Å². The van der Waals surface area contributed by atoms with Crippen molar-refractivity contribution >= 4 is 5.69 Å². The number of anilines is 1. The molecule has 4 heteroatoms. The van der Waals surface area contributed by atoms with Crippen LogP contribution in [0.2, 0.25) is 0 Å². The van der Waals surface area contributed by atoms with Crippen LogP contribution >= 0.6 is 0 Å². The molecule has 1 aromatic rings. The zero-order valence-corrected chi connectivity index (χ0v) is 12.3. The fourth-order valence-corrected chi connectivity index (χ4v) is 3.40. The number of aryl methyl sites for hydroxylation is 1. The maximum Gasteiger partial charge on any atom is 0.0971 e. The monoisotopic (exact) mass is 276 g/mol. The lowest BCUT2D eigenvalue weighted by Crippen LogP contribution is -2.39. The zero-order chi connectivity index (χ0) is 13.9. The van der Waals surface area contributed by atoms with Crippen LogP contribution in [0.4, 0.5) is 5.69 Å². The quantitative estimate of drug-likeness (QED) is 0.912. The normalized spacial score (nSPS) is 30.6. The highest BCUT2D eigenvalue weighted by atomic mass is 16.5. The fraction of sp³-hybridized carbons (Fsp3) is 0.625. The highest BCUT2D eigenvalue weighted by Gasteiger charge is 2.36. The molecule has 2 aliphatic heterocycles. The first-order chi connectivity index (χ1) is 9.81. The van der Waals surface area contributed by atoms with E-state index in [1.807, 2.05) is 0 Å². The van der Waals surface area contributed by atoms with Crippen LogP contribution in [-0.4, -0.2) is 57.0 Å². The number of nitrogens with zero attached hydrogens (tertiary/aromatic N) is 1. The van der Waals surface area contributed by atoms with E-state index in [4.69, 9.17) is 9.47 Å². The minimum absolute atomic E-state index is 0.200. The number of benzene rings is 1. The number of para-hydroxylation sites is 1. The first kappa shape index (κ1) is 13.9. The molecule has 3 atom stereocenters. The van der Waals surface area contributed by atoms with Crippen LogP contribution < -0.4 is 5.32 Å². The molecule has 20 heavy (non-hydrogen) atoms. The Morgan fingerprint density at radius 1 is 1.10 bits per heavy atom. The summed E-state index contributed by atoms with van der Waals surface area (Å²) in [5.41, 5.74) is 2.72. The van der Waals surface area contributed by atoms with Crippen molar-refractivity contribution in [3.05, 3.63) is 29.8 Å². The largest absolute Gasteiger partial charge is 0.383 e. The third kappa shape index (κ3) is 2.68. The van der Waals surface area contributed by atoms with Crippen molar-refractivity contribution in [1.29, 1.82) is 0 Å². The van der Waals surface area contributed by atoms with Gasteiger partial charge in [-0.05, 0) is 24.5 Å². The summed E-state index contributed by atoms with van der Waals surface area (Å²) in [4.78, 5) is 2.52. The summed E-state index contributed by atoms with van der Waals surface area (Å²) in [5.74, 6) is 0. The lowest BCUT2D eigenvalue weighted by Gasteiger charge is -2.26. The van der Waals surface area contributed by atoms with Gasteiger partial charge in [-0.2, -0.15) is 0 Å². The molecule has 0 amide bonds. The predicted molar refractivity (Wildman–Crippen MR) is 80.2 cm³/mol. The van der Waals surface area contributed by atoms with Gasteiger partial charge in [0, 0.05) is 45.6 Å². The second-order valence-corrected chi connectivity index (χ2v) is 5.73. The number of fused-ring (bicyclic) bond motifs is 1. The summed E-state index contributed by atoms with van der Waals surface area (Å²) < 4.78 is 11.1. The maximum atomic E-state index is 5.54. The van der Waals surface area contributed by atoms with Gasteiger partial charge in [-0.1, -0.05) is 18.2 Å². The second kappa shape index (κ2) is 6.12. The lowest BCUT2D eigenvalue weighted by atomic mass is 10.1. The molecule has 4 nitrogen and oxygen atoms in total. The van der Waals surface area contributed by atoms with Crippen LogP contribution in [0.3, 0.4) is 0 Å². The molecule has 0 aliphatic carbocycles. The molecule has 0 saturated carbocycles. The second-order valence-electron chi connectivity index (χ2n) is 5.73. The number of ether oxygens (including phenoxy) is 2. The van der Waals surface area contributed by atoms with Gasteiger partial charge >= 0.3 is 0 Å². The topological polar surface area (TPSA) is 33.7 Å². The molecule has 2 aliphatic rings. The summed E-state index contributed by atoms with van der Waals surface area (Å²) >= 11 is 0. The van der Waals surface area contributed by atoms with Crippen LogP contribution in [0, 0.1) is 0 Å². The van der Waals surface area contributed by atoms with Crippen molar-refractivity contribution < 1.29 is 9.47 Å². The zero-order valence-electron chi connectivity index (χ0n) is 12.3. The van der Waals surface area contributed by atoms with Crippen molar-refractivity contribution in [2.24, 2.45) is 0 Å². The first-order valence-electron chi connectivity index (χ1n) is 7.43. The first-order valence-corrected chi connectivity index (χ1v) is 7.43. The molecule has 3 rings (SSSR count). The Morgan fingerprint density at radius 3 is 2.50 bits per heavy atom. The Hall–Kier alpha value is -1.10. The van der Waals surface area contributed by atoms with Gasteiger partial charge in [0.25, 0.3) is 0 Å². The van der Waals surface area contributed by atoms with Crippen molar-refractivity contribution in [3.63, 3.8) is 0 Å². The van der Waals surface area contributed by atoms with E-state index in [0.717, 1.165) is 26.1 Å². The van der Waals surface area contributed by atoms with Crippen molar-refractivity contribution in [2.45, 2.75) is 31.1 Å². The molecule has 0 radical (unpaired) electrons. The summed E-state index contributed by atoms with van der Waals surface area (Å²) in [6.07, 6.45) is 2.73. The number of likely N-dealkylation sites (tertiary alicyclic amines) is 1. The van der Waals surface area contributed by atoms with E-state index in [-0.39, 0.29) is 12.2 Å². The Balaban J connectivity index is 1.66. The van der Waals surface area contributed by atoms with Crippen LogP contribution in [0.15, 0.2) is 24.3 Å². The van der Waals surface area contributed by atoms with E-state index in [1.54, 1.807) is 14.2 Å². The van der Waals surface area contributed by atoms with Crippen LogP contribution in [0.5, 0.6) is 0 Å². The highest BCUT2D eigenvalue weighted by molar-refractivity contribution is 5.52. The van der Waals surface area contributed by atoms with Crippen LogP contribution in [0.1, 0.15) is 12.0 Å². The van der Waals surface area contributed by atoms with E-state index >= 15 is 0 Å². The Bertz CT molecular complexity index is 413. The lowest BCUT2D eigenvalue weighted by molar-refractivity contribution is -0.00461. The molecule has 0 bridgehead atoms. The SMILES string of the molecule is COC1CN(C2CCc3ccccc3NC2)CC1OC. The van der Waals surface area contributed by atoms with Gasteiger partial charge in [-0.25, -0.2) is 0 Å². The van der Waals surface area contributed by atoms with Gasteiger partial charge in [0.05, 0.1) is 12.2 Å². The number of rotatable bonds is 3. The summed E-state index contributed by atoms with van der Waals surface area (Å²) in [5, 5.41) is 3.59. The molecule has 110 valence electrons. The van der Waals surface area contributed by atoms with E-state index in [1.165, 1.54) is 17.7 Å². The molecule has 0 aromatic heterocycles. The minimum Gasteiger partial charge on any atom is -0.383 e. The predicted octanol–water partition coefficient (Wildman–Crippen LogP) is 1.76. The molecule has 0 spiro atoms. The number of hydrogen-bond donors (Lipinski definition) is 1. The van der Waals surface area contributed by atoms with Gasteiger partial charge < -0.3 is 14.8 Å². The Morgan fingerprint density at radius 2 is 1.80 bits per heavy atom. The molecule has 1 N–H and O–H groups in total. The van der Waals surface area contributed by atoms with Crippen LogP contribution in [0.25, 0.3) is 0 Å². The van der Waals surface area contributed by atoms with Crippen LogP contribution in [-0.2, 0) is 15.9 Å². The van der Waals surface area contributed by atoms with Gasteiger partial charge in [-0.3, -0.25) is 4.90 Å². The third-order valence-electron chi connectivity index (χ3n) is 4.66. The van der Waals surface area contributed by atoms with Gasteiger partial charge in [0.1, 0.15) is 0 Å². The number of hydrogen-bond acceptors (Lipinski definition) is 4. The minimum atomic E-state index is 0.200. The summed E-state index contributed by atoms with van der Waals surface area (Å²) in [7, 11) is 3.56. The smallest absolute Gasteiger partial charge is 0.0971 e. The summed E-state index contributed by atoms with van der Waals surface area (Å²) in [6.45, 7) is 2.94. The van der Waals surface area contributed by atoms with Crippen molar-refractivity contribution in [1.82, 2.24) is 4.90 Å². The molecular formula is C16H24N2O2. The van der Waals surface area contributed by atoms with E-state index in [9.17, 15) is 0 Å². The molecule has 3 unspecified atom stereocenters. The molecule has 1 fully saturated rings. The third-order valence-corrected chi connectivity index (χ3v) is 4.66. The van der Waals surface area contributed by atoms with E-state index in [2.05, 4.69) is 34.5 Å². The van der Waals surface area contributed by atoms with Crippen molar-refractivity contribution in [3.8, 4) is 0 Å². The Labute approximate surface area is 121 Å². The highest BCUT2D eigenvalue weighted by Crippen LogP contribution is 2.26. The Kier molecular flexibility index (Phi) is 4.24. The van der Waals surface area contributed by atoms with E-state index in [0.29, 0.717) is 6.04 Å². The maximum absolute atomic E-state index is 5.54. The molecular weight excluding hydrogens is 252 g/mol. The van der Waals surface area contributed by atoms with E-state index < -0.39 is 0 Å². The molecule has 1 saturated heterocycles. The summed E-state index contributed by atoms with van der Waals surface area (Å²) in [6, 6.07) is 9.19. The molecule has 1 aromatic carbocycles. The van der Waals surface area contributed by atoms with Gasteiger partial charge in [-0.15, -0.1) is 0 Å². The standard InChI is InChI=1S/C16H24N2O2/c1-19-15-10-18(11-16(15)20-2)13-8-7-12-5-3-4-6-14(12)17-9-13/h3-6,13,15-17H,7-11H2,1-2H3. The fourth-order valence-electron chi connectivity index (χ4n) is 3.40. The number of nitrogens with one attached hydrogen (secondary N) is 1. The number of methoxy groups -OCH3 is 2. The average Bonchev–Trinajstić information content (AvgIpc) is 2.79.